The largest absolute Gasteiger partial charge is 0.398 e. The van der Waals surface area contributed by atoms with E-state index in [4.69, 9.17) is 17.3 Å². The molecule has 5 heteroatoms. The summed E-state index contributed by atoms with van der Waals surface area (Å²) < 4.78 is 13.0. The average Bonchev–Trinajstić information content (AvgIpc) is 2.32. The summed E-state index contributed by atoms with van der Waals surface area (Å²) >= 11 is 5.93. The molecule has 2 rings (SSSR count). The molecule has 2 aromatic carbocycles. The van der Waals surface area contributed by atoms with Crippen LogP contribution in [0.1, 0.15) is 10.4 Å². The molecule has 0 bridgehead atoms. The van der Waals surface area contributed by atoms with Gasteiger partial charge in [-0.15, -0.1) is 0 Å². The molecule has 1 amide bonds. The van der Waals surface area contributed by atoms with Crippen molar-refractivity contribution >= 4 is 28.9 Å². The second-order valence-corrected chi connectivity index (χ2v) is 4.05. The molecule has 0 aliphatic heterocycles. The molecule has 0 heterocycles. The van der Waals surface area contributed by atoms with Crippen LogP contribution >= 0.6 is 11.6 Å². The Hall–Kier alpha value is -2.07. The normalized spacial score (nSPS) is 10.1. The lowest BCUT2D eigenvalue weighted by Gasteiger charge is -2.08. The molecule has 0 aliphatic rings. The summed E-state index contributed by atoms with van der Waals surface area (Å²) in [4.78, 5) is 11.9. The summed E-state index contributed by atoms with van der Waals surface area (Å²) in [6, 6.07) is 10.4. The van der Waals surface area contributed by atoms with Crippen molar-refractivity contribution in [2.45, 2.75) is 0 Å². The minimum Gasteiger partial charge on any atom is -0.398 e. The summed E-state index contributed by atoms with van der Waals surface area (Å²) in [5.41, 5.74) is 6.54. The first-order valence-corrected chi connectivity index (χ1v) is 5.56. The van der Waals surface area contributed by atoms with Gasteiger partial charge in [0, 0.05) is 5.69 Å². The van der Waals surface area contributed by atoms with Crippen LogP contribution in [-0.2, 0) is 0 Å². The van der Waals surface area contributed by atoms with E-state index < -0.39 is 11.7 Å². The fourth-order valence-corrected chi connectivity index (χ4v) is 1.70. The second-order valence-electron chi connectivity index (χ2n) is 3.67. The molecule has 0 spiro atoms. The van der Waals surface area contributed by atoms with Gasteiger partial charge < -0.3 is 11.1 Å². The van der Waals surface area contributed by atoms with E-state index in [2.05, 4.69) is 5.32 Å². The van der Waals surface area contributed by atoms with Crippen molar-refractivity contribution in [3.05, 3.63) is 58.9 Å². The number of rotatable bonds is 2. The third-order valence-electron chi connectivity index (χ3n) is 2.36. The van der Waals surface area contributed by atoms with E-state index in [1.807, 2.05) is 0 Å². The van der Waals surface area contributed by atoms with Gasteiger partial charge in [0.15, 0.2) is 0 Å². The van der Waals surface area contributed by atoms with E-state index in [9.17, 15) is 9.18 Å². The van der Waals surface area contributed by atoms with Crippen LogP contribution in [0.2, 0.25) is 5.02 Å². The highest BCUT2D eigenvalue weighted by molar-refractivity contribution is 6.36. The minimum atomic E-state index is -0.432. The van der Waals surface area contributed by atoms with Crippen LogP contribution < -0.4 is 11.1 Å². The molecule has 0 unspecified atom stereocenters. The van der Waals surface area contributed by atoms with Crippen LogP contribution in [0.3, 0.4) is 0 Å². The molecule has 0 aromatic heterocycles. The van der Waals surface area contributed by atoms with Crippen molar-refractivity contribution in [3.63, 3.8) is 0 Å². The third kappa shape index (κ3) is 2.60. The summed E-state index contributed by atoms with van der Waals surface area (Å²) in [6.07, 6.45) is 0. The van der Waals surface area contributed by atoms with Gasteiger partial charge in [-0.05, 0) is 30.3 Å². The van der Waals surface area contributed by atoms with Crippen LogP contribution in [-0.4, -0.2) is 5.91 Å². The quantitative estimate of drug-likeness (QED) is 0.818. The Morgan fingerprint density at radius 3 is 2.67 bits per heavy atom. The molecular formula is C13H10ClFN2O. The Balaban J connectivity index is 2.25. The zero-order valence-electron chi connectivity index (χ0n) is 9.28. The summed E-state index contributed by atoms with van der Waals surface area (Å²) in [6.45, 7) is 0. The molecule has 0 atom stereocenters. The Morgan fingerprint density at radius 2 is 1.94 bits per heavy atom. The smallest absolute Gasteiger partial charge is 0.257 e. The van der Waals surface area contributed by atoms with Gasteiger partial charge in [-0.1, -0.05) is 23.7 Å². The minimum absolute atomic E-state index is 0.186. The van der Waals surface area contributed by atoms with Crippen LogP contribution in [0, 0.1) is 5.82 Å². The van der Waals surface area contributed by atoms with E-state index >= 15 is 0 Å². The maximum absolute atomic E-state index is 13.0. The van der Waals surface area contributed by atoms with Crippen molar-refractivity contribution in [1.29, 1.82) is 0 Å². The average molecular weight is 265 g/mol. The topological polar surface area (TPSA) is 55.1 Å². The number of anilines is 2. The second kappa shape index (κ2) is 5.06. The monoisotopic (exact) mass is 264 g/mol. The van der Waals surface area contributed by atoms with Crippen molar-refractivity contribution in [2.24, 2.45) is 0 Å². The van der Waals surface area contributed by atoms with Gasteiger partial charge in [-0.3, -0.25) is 4.79 Å². The number of nitrogen functional groups attached to an aromatic ring is 1. The van der Waals surface area contributed by atoms with Gasteiger partial charge in [0.25, 0.3) is 5.91 Å². The predicted molar refractivity (Wildman–Crippen MR) is 70.2 cm³/mol. The lowest BCUT2D eigenvalue weighted by atomic mass is 10.2. The Labute approximate surface area is 108 Å². The summed E-state index contributed by atoms with van der Waals surface area (Å²) in [7, 11) is 0. The van der Waals surface area contributed by atoms with E-state index in [1.54, 1.807) is 24.3 Å². The Kier molecular flexibility index (Phi) is 3.48. The van der Waals surface area contributed by atoms with Gasteiger partial charge in [-0.2, -0.15) is 0 Å². The molecule has 3 N–H and O–H groups in total. The Morgan fingerprint density at radius 1 is 1.22 bits per heavy atom. The SMILES string of the molecule is Nc1cccc(C(=O)Nc2cccc(F)c2)c1Cl. The molecule has 18 heavy (non-hydrogen) atoms. The van der Waals surface area contributed by atoms with Crippen molar-refractivity contribution < 1.29 is 9.18 Å². The van der Waals surface area contributed by atoms with Crippen molar-refractivity contribution in [2.75, 3.05) is 11.1 Å². The van der Waals surface area contributed by atoms with Gasteiger partial charge in [0.1, 0.15) is 5.82 Å². The highest BCUT2D eigenvalue weighted by Crippen LogP contribution is 2.24. The molecular weight excluding hydrogens is 255 g/mol. The van der Waals surface area contributed by atoms with Gasteiger partial charge in [0.2, 0.25) is 0 Å². The van der Waals surface area contributed by atoms with Crippen molar-refractivity contribution in [3.8, 4) is 0 Å². The Bertz CT molecular complexity index is 601. The van der Waals surface area contributed by atoms with Crippen LogP contribution in [0.25, 0.3) is 0 Å². The molecule has 0 saturated carbocycles. The molecule has 2 aromatic rings. The number of carbonyl (C=O) groups is 1. The molecule has 0 fully saturated rings. The first-order valence-electron chi connectivity index (χ1n) is 5.19. The lowest BCUT2D eigenvalue weighted by Crippen LogP contribution is -2.13. The molecule has 0 aliphatic carbocycles. The number of benzene rings is 2. The number of hydrogen-bond acceptors (Lipinski definition) is 2. The van der Waals surface area contributed by atoms with E-state index in [0.29, 0.717) is 11.4 Å². The number of hydrogen-bond donors (Lipinski definition) is 2. The van der Waals surface area contributed by atoms with Gasteiger partial charge >= 0.3 is 0 Å². The lowest BCUT2D eigenvalue weighted by molar-refractivity contribution is 0.102. The molecule has 0 radical (unpaired) electrons. The van der Waals surface area contributed by atoms with Crippen LogP contribution in [0.5, 0.6) is 0 Å². The zero-order chi connectivity index (χ0) is 13.1. The molecule has 3 nitrogen and oxygen atoms in total. The van der Waals surface area contributed by atoms with Gasteiger partial charge in [0.05, 0.1) is 16.3 Å². The highest BCUT2D eigenvalue weighted by atomic mass is 35.5. The summed E-state index contributed by atoms with van der Waals surface area (Å²) in [5.74, 6) is -0.857. The fraction of sp³-hybridized carbons (Fsp3) is 0. The predicted octanol–water partition coefficient (Wildman–Crippen LogP) is 3.31. The number of carbonyl (C=O) groups excluding carboxylic acids is 1. The fourth-order valence-electron chi connectivity index (χ4n) is 1.49. The molecule has 0 saturated heterocycles. The first kappa shape index (κ1) is 12.4. The molecule has 92 valence electrons. The number of nitrogens with two attached hydrogens (primary N) is 1. The number of nitrogens with one attached hydrogen (secondary N) is 1. The highest BCUT2D eigenvalue weighted by Gasteiger charge is 2.12. The van der Waals surface area contributed by atoms with Crippen molar-refractivity contribution in [1.82, 2.24) is 0 Å². The maximum atomic E-state index is 13.0. The van der Waals surface area contributed by atoms with E-state index in [0.717, 1.165) is 0 Å². The van der Waals surface area contributed by atoms with Crippen LogP contribution in [0.4, 0.5) is 15.8 Å². The van der Waals surface area contributed by atoms with Crippen LogP contribution in [0.15, 0.2) is 42.5 Å². The number of halogens is 2. The first-order chi connectivity index (χ1) is 8.58. The maximum Gasteiger partial charge on any atom is 0.257 e. The van der Waals surface area contributed by atoms with E-state index in [-0.39, 0.29) is 10.6 Å². The van der Waals surface area contributed by atoms with Gasteiger partial charge in [-0.25, -0.2) is 4.39 Å². The summed E-state index contributed by atoms with van der Waals surface area (Å²) in [5, 5.41) is 2.73. The number of amides is 1. The standard InChI is InChI=1S/C13H10ClFN2O/c14-12-10(5-2-6-11(12)16)13(18)17-9-4-1-3-8(15)7-9/h1-7H,16H2,(H,17,18). The zero-order valence-corrected chi connectivity index (χ0v) is 10.0. The van der Waals surface area contributed by atoms with E-state index in [1.165, 1.54) is 18.2 Å². The third-order valence-corrected chi connectivity index (χ3v) is 2.78.